The molecule has 2 aromatic rings. The lowest BCUT2D eigenvalue weighted by Gasteiger charge is -1.95. The molecule has 14 heavy (non-hydrogen) atoms. The van der Waals surface area contributed by atoms with Crippen LogP contribution in [0.2, 0.25) is 5.15 Å². The number of halogens is 1. The standard InChI is InChI=1S/C8H10ClN5/c1-13-8(9)2-7(12-13)5-14-4-6(10)3-11-14/h2-4H,5,10H2,1H3. The number of nitrogens with zero attached hydrogens (tertiary/aromatic N) is 4. The van der Waals surface area contributed by atoms with E-state index in [1.807, 2.05) is 0 Å². The van der Waals surface area contributed by atoms with Gasteiger partial charge in [0.05, 0.1) is 24.1 Å². The van der Waals surface area contributed by atoms with Gasteiger partial charge in [-0.15, -0.1) is 0 Å². The van der Waals surface area contributed by atoms with Crippen LogP contribution >= 0.6 is 11.6 Å². The summed E-state index contributed by atoms with van der Waals surface area (Å²) in [6.07, 6.45) is 3.35. The Balaban J connectivity index is 2.18. The Labute approximate surface area is 86.1 Å². The van der Waals surface area contributed by atoms with E-state index in [1.54, 1.807) is 34.9 Å². The van der Waals surface area contributed by atoms with Crippen LogP contribution in [0.15, 0.2) is 18.5 Å². The van der Waals surface area contributed by atoms with Crippen LogP contribution in [-0.4, -0.2) is 19.6 Å². The molecule has 0 amide bonds. The number of nitrogens with two attached hydrogens (primary N) is 1. The monoisotopic (exact) mass is 211 g/mol. The van der Waals surface area contributed by atoms with Crippen molar-refractivity contribution in [1.29, 1.82) is 0 Å². The lowest BCUT2D eigenvalue weighted by molar-refractivity contribution is 0.650. The Morgan fingerprint density at radius 1 is 1.57 bits per heavy atom. The fraction of sp³-hybridized carbons (Fsp3) is 0.250. The van der Waals surface area contributed by atoms with Crippen molar-refractivity contribution in [3.8, 4) is 0 Å². The maximum Gasteiger partial charge on any atom is 0.127 e. The molecule has 5 nitrogen and oxygen atoms in total. The summed E-state index contributed by atoms with van der Waals surface area (Å²) in [5.41, 5.74) is 7.04. The van der Waals surface area contributed by atoms with Gasteiger partial charge in [0.25, 0.3) is 0 Å². The first-order valence-electron chi connectivity index (χ1n) is 4.11. The summed E-state index contributed by atoms with van der Waals surface area (Å²) in [6.45, 7) is 0.581. The summed E-state index contributed by atoms with van der Waals surface area (Å²) in [4.78, 5) is 0. The molecule has 0 saturated carbocycles. The van der Waals surface area contributed by atoms with Crippen LogP contribution in [-0.2, 0) is 13.6 Å². The highest BCUT2D eigenvalue weighted by atomic mass is 35.5. The van der Waals surface area contributed by atoms with E-state index in [-0.39, 0.29) is 0 Å². The van der Waals surface area contributed by atoms with Crippen molar-refractivity contribution >= 4 is 17.3 Å². The molecule has 2 aromatic heterocycles. The molecule has 0 aliphatic carbocycles. The van der Waals surface area contributed by atoms with Crippen molar-refractivity contribution in [2.45, 2.75) is 6.54 Å². The van der Waals surface area contributed by atoms with Crippen molar-refractivity contribution in [3.05, 3.63) is 29.3 Å². The predicted octanol–water partition coefficient (Wildman–Crippen LogP) is 0.900. The lowest BCUT2D eigenvalue weighted by atomic mass is 10.4. The second-order valence-corrected chi connectivity index (χ2v) is 3.44. The highest BCUT2D eigenvalue weighted by Gasteiger charge is 2.03. The van der Waals surface area contributed by atoms with E-state index in [9.17, 15) is 0 Å². The van der Waals surface area contributed by atoms with E-state index < -0.39 is 0 Å². The van der Waals surface area contributed by atoms with E-state index in [1.165, 1.54) is 0 Å². The molecular formula is C8H10ClN5. The predicted molar refractivity (Wildman–Crippen MR) is 54.0 cm³/mol. The highest BCUT2D eigenvalue weighted by molar-refractivity contribution is 6.29. The van der Waals surface area contributed by atoms with Gasteiger partial charge in [0.1, 0.15) is 5.15 Å². The molecule has 2 N–H and O–H groups in total. The smallest absolute Gasteiger partial charge is 0.127 e. The van der Waals surface area contributed by atoms with Gasteiger partial charge in [0, 0.05) is 19.3 Å². The fourth-order valence-electron chi connectivity index (χ4n) is 1.21. The van der Waals surface area contributed by atoms with Crippen LogP contribution in [0.4, 0.5) is 5.69 Å². The molecule has 2 rings (SSSR count). The van der Waals surface area contributed by atoms with Crippen molar-refractivity contribution < 1.29 is 0 Å². The zero-order valence-electron chi connectivity index (χ0n) is 7.68. The van der Waals surface area contributed by atoms with Gasteiger partial charge in [-0.2, -0.15) is 10.2 Å². The molecule has 2 heterocycles. The summed E-state index contributed by atoms with van der Waals surface area (Å²) in [6, 6.07) is 1.80. The molecule has 74 valence electrons. The first kappa shape index (κ1) is 9.08. The third-order valence-corrected chi connectivity index (χ3v) is 2.20. The second-order valence-electron chi connectivity index (χ2n) is 3.05. The van der Waals surface area contributed by atoms with Crippen LogP contribution in [0.25, 0.3) is 0 Å². The molecule has 0 aliphatic heterocycles. The molecule has 0 aromatic carbocycles. The Morgan fingerprint density at radius 2 is 2.36 bits per heavy atom. The number of rotatable bonds is 2. The Kier molecular flexibility index (Phi) is 2.17. The SMILES string of the molecule is Cn1nc(Cn2cc(N)cn2)cc1Cl. The summed E-state index contributed by atoms with van der Waals surface area (Å²) < 4.78 is 3.33. The summed E-state index contributed by atoms with van der Waals surface area (Å²) in [5.74, 6) is 0. The normalized spacial score (nSPS) is 10.7. The van der Waals surface area contributed by atoms with E-state index in [0.717, 1.165) is 5.69 Å². The van der Waals surface area contributed by atoms with Gasteiger partial charge in [-0.25, -0.2) is 0 Å². The molecule has 0 spiro atoms. The van der Waals surface area contributed by atoms with Gasteiger partial charge >= 0.3 is 0 Å². The van der Waals surface area contributed by atoms with E-state index in [2.05, 4.69) is 10.2 Å². The Bertz CT molecular complexity index is 425. The van der Waals surface area contributed by atoms with E-state index >= 15 is 0 Å². The minimum Gasteiger partial charge on any atom is -0.396 e. The quantitative estimate of drug-likeness (QED) is 0.803. The van der Waals surface area contributed by atoms with Gasteiger partial charge < -0.3 is 5.73 Å². The van der Waals surface area contributed by atoms with Crippen LogP contribution in [0.5, 0.6) is 0 Å². The number of anilines is 1. The molecule has 6 heteroatoms. The third kappa shape index (κ3) is 1.72. The van der Waals surface area contributed by atoms with Gasteiger partial charge in [-0.05, 0) is 0 Å². The molecule has 0 aliphatic rings. The summed E-state index contributed by atoms with van der Waals surface area (Å²) in [5, 5.41) is 8.86. The third-order valence-electron chi connectivity index (χ3n) is 1.85. The van der Waals surface area contributed by atoms with Crippen molar-refractivity contribution in [2.75, 3.05) is 5.73 Å². The second kappa shape index (κ2) is 3.34. The number of aromatic nitrogens is 4. The van der Waals surface area contributed by atoms with Crippen LogP contribution < -0.4 is 5.73 Å². The number of nitrogen functional groups attached to an aromatic ring is 1. The summed E-state index contributed by atoms with van der Waals surface area (Å²) in [7, 11) is 1.79. The first-order valence-corrected chi connectivity index (χ1v) is 4.49. The number of hydrogen-bond donors (Lipinski definition) is 1. The molecule has 0 unspecified atom stereocenters. The van der Waals surface area contributed by atoms with Gasteiger partial charge in [-0.3, -0.25) is 9.36 Å². The molecule has 0 saturated heterocycles. The average Bonchev–Trinajstić information content (AvgIpc) is 2.62. The van der Waals surface area contributed by atoms with Gasteiger partial charge in [0.15, 0.2) is 0 Å². The van der Waals surface area contributed by atoms with Crippen LogP contribution in [0.3, 0.4) is 0 Å². The minimum atomic E-state index is 0.581. The van der Waals surface area contributed by atoms with E-state index in [0.29, 0.717) is 17.4 Å². The Morgan fingerprint density at radius 3 is 2.86 bits per heavy atom. The average molecular weight is 212 g/mol. The molecular weight excluding hydrogens is 202 g/mol. The van der Waals surface area contributed by atoms with E-state index in [4.69, 9.17) is 17.3 Å². The largest absolute Gasteiger partial charge is 0.396 e. The first-order chi connectivity index (χ1) is 6.65. The fourth-order valence-corrected chi connectivity index (χ4v) is 1.37. The molecule has 0 bridgehead atoms. The van der Waals surface area contributed by atoms with Crippen LogP contribution in [0.1, 0.15) is 5.69 Å². The lowest BCUT2D eigenvalue weighted by Crippen LogP contribution is -2.01. The van der Waals surface area contributed by atoms with Crippen molar-refractivity contribution in [2.24, 2.45) is 7.05 Å². The molecule has 0 radical (unpaired) electrons. The van der Waals surface area contributed by atoms with Crippen molar-refractivity contribution in [1.82, 2.24) is 19.6 Å². The topological polar surface area (TPSA) is 61.7 Å². The zero-order valence-corrected chi connectivity index (χ0v) is 8.44. The van der Waals surface area contributed by atoms with Gasteiger partial charge in [0.2, 0.25) is 0 Å². The maximum absolute atomic E-state index is 5.85. The molecule has 0 fully saturated rings. The summed E-state index contributed by atoms with van der Waals surface area (Å²) >= 11 is 5.85. The number of aryl methyl sites for hydroxylation is 1. The van der Waals surface area contributed by atoms with Crippen LogP contribution in [0, 0.1) is 0 Å². The Hall–Kier alpha value is -1.49. The number of hydrogen-bond acceptors (Lipinski definition) is 3. The zero-order chi connectivity index (χ0) is 10.1. The maximum atomic E-state index is 5.85. The van der Waals surface area contributed by atoms with Crippen molar-refractivity contribution in [3.63, 3.8) is 0 Å². The van der Waals surface area contributed by atoms with Gasteiger partial charge in [-0.1, -0.05) is 11.6 Å². The minimum absolute atomic E-state index is 0.581. The molecule has 0 atom stereocenters. The highest BCUT2D eigenvalue weighted by Crippen LogP contribution is 2.10.